The standard InChI is InChI=1S/C21H33N5O.HI/c1-18(16-27-17-20-9-5-4-6-10-20)15-25-21(22-3)24-11-7-8-13-26-14-12-23-19(26)2;/h4-6,9-10,12,14,18H,7-8,11,13,15-17H2,1-3H3,(H2,22,24,25);1H. The molecule has 7 heteroatoms. The largest absolute Gasteiger partial charge is 0.376 e. The van der Waals surface area contributed by atoms with Gasteiger partial charge in [0, 0.05) is 39.1 Å². The number of rotatable bonds is 11. The average molecular weight is 499 g/mol. The van der Waals surface area contributed by atoms with Crippen LogP contribution in [0.2, 0.25) is 0 Å². The van der Waals surface area contributed by atoms with Crippen LogP contribution >= 0.6 is 24.0 Å². The third kappa shape index (κ3) is 9.54. The van der Waals surface area contributed by atoms with E-state index in [2.05, 4.69) is 44.2 Å². The van der Waals surface area contributed by atoms with Gasteiger partial charge in [0.2, 0.25) is 0 Å². The fourth-order valence-corrected chi connectivity index (χ4v) is 2.76. The van der Waals surface area contributed by atoms with Crippen molar-refractivity contribution in [2.24, 2.45) is 10.9 Å². The fourth-order valence-electron chi connectivity index (χ4n) is 2.76. The van der Waals surface area contributed by atoms with Crippen LogP contribution in [0.1, 0.15) is 31.2 Å². The molecule has 0 radical (unpaired) electrons. The normalized spacial score (nSPS) is 12.3. The lowest BCUT2D eigenvalue weighted by Gasteiger charge is -2.16. The first kappa shape index (κ1) is 24.4. The van der Waals surface area contributed by atoms with Gasteiger partial charge in [0.05, 0.1) is 13.2 Å². The minimum atomic E-state index is 0. The number of hydrogen-bond acceptors (Lipinski definition) is 3. The molecule has 1 aromatic heterocycles. The van der Waals surface area contributed by atoms with Crippen LogP contribution in [0.3, 0.4) is 0 Å². The van der Waals surface area contributed by atoms with Crippen LogP contribution in [0.4, 0.5) is 0 Å². The molecule has 0 aliphatic carbocycles. The van der Waals surface area contributed by atoms with Crippen molar-refractivity contribution in [3.8, 4) is 0 Å². The number of unbranched alkanes of at least 4 members (excludes halogenated alkanes) is 1. The Kier molecular flexibility index (Phi) is 12.6. The van der Waals surface area contributed by atoms with Gasteiger partial charge in [-0.1, -0.05) is 37.3 Å². The van der Waals surface area contributed by atoms with Crippen LogP contribution in [0.15, 0.2) is 47.7 Å². The summed E-state index contributed by atoms with van der Waals surface area (Å²) in [5, 5.41) is 6.75. The molecule has 2 rings (SSSR count). The van der Waals surface area contributed by atoms with E-state index in [0.717, 1.165) is 50.9 Å². The molecule has 0 fully saturated rings. The Labute approximate surface area is 186 Å². The summed E-state index contributed by atoms with van der Waals surface area (Å²) < 4.78 is 7.98. The quantitative estimate of drug-likeness (QED) is 0.215. The topological polar surface area (TPSA) is 63.5 Å². The number of aryl methyl sites for hydroxylation is 2. The Balaban J connectivity index is 0.00000392. The van der Waals surface area contributed by atoms with Gasteiger partial charge in [-0.2, -0.15) is 0 Å². The molecule has 0 saturated heterocycles. The number of nitrogens with zero attached hydrogens (tertiary/aromatic N) is 3. The van der Waals surface area contributed by atoms with Gasteiger partial charge in [-0.25, -0.2) is 4.98 Å². The minimum absolute atomic E-state index is 0. The van der Waals surface area contributed by atoms with Crippen molar-refractivity contribution in [3.05, 3.63) is 54.1 Å². The van der Waals surface area contributed by atoms with E-state index in [4.69, 9.17) is 4.74 Å². The summed E-state index contributed by atoms with van der Waals surface area (Å²) in [4.78, 5) is 8.53. The van der Waals surface area contributed by atoms with Crippen molar-refractivity contribution in [3.63, 3.8) is 0 Å². The van der Waals surface area contributed by atoms with Crippen LogP contribution < -0.4 is 10.6 Å². The number of halogens is 1. The van der Waals surface area contributed by atoms with Crippen molar-refractivity contribution in [2.45, 2.75) is 39.8 Å². The van der Waals surface area contributed by atoms with Gasteiger partial charge < -0.3 is 19.9 Å². The summed E-state index contributed by atoms with van der Waals surface area (Å²) in [6.07, 6.45) is 6.09. The summed E-state index contributed by atoms with van der Waals surface area (Å²) in [5.41, 5.74) is 1.21. The van der Waals surface area contributed by atoms with E-state index in [9.17, 15) is 0 Å². The second kappa shape index (κ2) is 14.4. The zero-order valence-corrected chi connectivity index (χ0v) is 19.6. The first-order valence-electron chi connectivity index (χ1n) is 9.73. The lowest BCUT2D eigenvalue weighted by atomic mass is 10.2. The van der Waals surface area contributed by atoms with Crippen molar-refractivity contribution in [2.75, 3.05) is 26.7 Å². The summed E-state index contributed by atoms with van der Waals surface area (Å²) in [6.45, 7) is 8.36. The molecule has 0 bridgehead atoms. The van der Waals surface area contributed by atoms with Crippen LogP contribution in [0.5, 0.6) is 0 Å². The number of nitrogens with one attached hydrogen (secondary N) is 2. The lowest BCUT2D eigenvalue weighted by molar-refractivity contribution is 0.0931. The highest BCUT2D eigenvalue weighted by atomic mass is 127. The van der Waals surface area contributed by atoms with Gasteiger partial charge in [-0.15, -0.1) is 24.0 Å². The maximum atomic E-state index is 5.80. The highest BCUT2D eigenvalue weighted by molar-refractivity contribution is 14.0. The number of guanidine groups is 1. The van der Waals surface area contributed by atoms with Gasteiger partial charge in [0.1, 0.15) is 5.82 Å². The molecule has 1 heterocycles. The molecule has 6 nitrogen and oxygen atoms in total. The van der Waals surface area contributed by atoms with Crippen LogP contribution in [0, 0.1) is 12.8 Å². The number of aromatic nitrogens is 2. The highest BCUT2D eigenvalue weighted by Gasteiger charge is 2.05. The zero-order valence-electron chi connectivity index (χ0n) is 17.2. The Morgan fingerprint density at radius 3 is 2.68 bits per heavy atom. The average Bonchev–Trinajstić information content (AvgIpc) is 3.09. The first-order valence-corrected chi connectivity index (χ1v) is 9.73. The van der Waals surface area contributed by atoms with Crippen molar-refractivity contribution >= 4 is 29.9 Å². The molecule has 1 atom stereocenters. The molecular weight excluding hydrogens is 465 g/mol. The van der Waals surface area contributed by atoms with Gasteiger partial charge in [0.25, 0.3) is 0 Å². The third-order valence-electron chi connectivity index (χ3n) is 4.40. The molecule has 0 amide bonds. The molecule has 0 saturated carbocycles. The highest BCUT2D eigenvalue weighted by Crippen LogP contribution is 2.03. The summed E-state index contributed by atoms with van der Waals surface area (Å²) >= 11 is 0. The Morgan fingerprint density at radius 1 is 1.21 bits per heavy atom. The van der Waals surface area contributed by atoms with E-state index in [-0.39, 0.29) is 24.0 Å². The molecular formula is C21H34IN5O. The monoisotopic (exact) mass is 499 g/mol. The number of aliphatic imine (C=N–C) groups is 1. The van der Waals surface area contributed by atoms with E-state index >= 15 is 0 Å². The molecule has 0 spiro atoms. The number of hydrogen-bond donors (Lipinski definition) is 2. The molecule has 2 N–H and O–H groups in total. The van der Waals surface area contributed by atoms with Crippen LogP contribution in [-0.2, 0) is 17.9 Å². The second-order valence-corrected chi connectivity index (χ2v) is 6.86. The Morgan fingerprint density at radius 2 is 2.00 bits per heavy atom. The van der Waals surface area contributed by atoms with E-state index in [1.165, 1.54) is 5.56 Å². The maximum absolute atomic E-state index is 5.80. The third-order valence-corrected chi connectivity index (χ3v) is 4.40. The molecule has 156 valence electrons. The van der Waals surface area contributed by atoms with Gasteiger partial charge in [0.15, 0.2) is 5.96 Å². The van der Waals surface area contributed by atoms with Crippen LogP contribution in [-0.4, -0.2) is 42.3 Å². The Hall–Kier alpha value is -1.61. The molecule has 2 aromatic rings. The van der Waals surface area contributed by atoms with Crippen LogP contribution in [0.25, 0.3) is 0 Å². The molecule has 28 heavy (non-hydrogen) atoms. The lowest BCUT2D eigenvalue weighted by Crippen LogP contribution is -2.40. The summed E-state index contributed by atoms with van der Waals surface area (Å²) in [7, 11) is 1.81. The number of benzene rings is 1. The molecule has 0 aliphatic heterocycles. The van der Waals surface area contributed by atoms with E-state index in [0.29, 0.717) is 12.5 Å². The zero-order chi connectivity index (χ0) is 19.3. The Bertz CT molecular complexity index is 674. The fraction of sp³-hybridized carbons (Fsp3) is 0.524. The minimum Gasteiger partial charge on any atom is -0.376 e. The maximum Gasteiger partial charge on any atom is 0.190 e. The first-order chi connectivity index (χ1) is 13.2. The number of ether oxygens (including phenoxy) is 1. The SMILES string of the molecule is CN=C(NCCCCn1ccnc1C)NCC(C)COCc1ccccc1.I. The van der Waals surface area contributed by atoms with Crippen molar-refractivity contribution in [1.29, 1.82) is 0 Å². The predicted molar refractivity (Wildman–Crippen MR) is 126 cm³/mol. The second-order valence-electron chi connectivity index (χ2n) is 6.86. The van der Waals surface area contributed by atoms with Gasteiger partial charge in [-0.05, 0) is 31.2 Å². The molecule has 1 aromatic carbocycles. The van der Waals surface area contributed by atoms with Crippen molar-refractivity contribution < 1.29 is 4.74 Å². The van der Waals surface area contributed by atoms with E-state index in [1.54, 1.807) is 7.05 Å². The smallest absolute Gasteiger partial charge is 0.190 e. The van der Waals surface area contributed by atoms with E-state index < -0.39 is 0 Å². The molecule has 0 aliphatic rings. The van der Waals surface area contributed by atoms with Crippen molar-refractivity contribution in [1.82, 2.24) is 20.2 Å². The predicted octanol–water partition coefficient (Wildman–Crippen LogP) is 3.61. The van der Waals surface area contributed by atoms with Gasteiger partial charge >= 0.3 is 0 Å². The van der Waals surface area contributed by atoms with Gasteiger partial charge in [-0.3, -0.25) is 4.99 Å². The number of imidazole rings is 1. The summed E-state index contributed by atoms with van der Waals surface area (Å²) in [6, 6.07) is 10.3. The summed E-state index contributed by atoms with van der Waals surface area (Å²) in [5.74, 6) is 2.34. The van der Waals surface area contributed by atoms with E-state index in [1.807, 2.05) is 37.5 Å². The molecule has 1 unspecified atom stereocenters.